The van der Waals surface area contributed by atoms with E-state index >= 15 is 0 Å². The Labute approximate surface area is 124 Å². The zero-order valence-corrected chi connectivity index (χ0v) is 12.6. The Bertz CT molecular complexity index is 406. The maximum Gasteiger partial charge on any atom is 0.320 e. The molecule has 21 heavy (non-hydrogen) atoms. The number of carboxylic acid groups (broad SMARTS) is 1. The molecule has 2 aliphatic heterocycles. The van der Waals surface area contributed by atoms with E-state index in [9.17, 15) is 19.8 Å². The van der Waals surface area contributed by atoms with Crippen molar-refractivity contribution >= 4 is 12.0 Å². The number of nitrogens with zero attached hydrogens (tertiary/aromatic N) is 2. The fraction of sp³-hybridized carbons (Fsp3) is 0.857. The van der Waals surface area contributed by atoms with Gasteiger partial charge in [0.2, 0.25) is 0 Å². The molecule has 7 heteroatoms. The number of morpholine rings is 1. The number of urea groups is 1. The molecule has 2 atom stereocenters. The molecule has 2 heterocycles. The van der Waals surface area contributed by atoms with Crippen molar-refractivity contribution in [1.29, 1.82) is 0 Å². The summed E-state index contributed by atoms with van der Waals surface area (Å²) in [4.78, 5) is 27.2. The fourth-order valence-corrected chi connectivity index (χ4v) is 2.78. The number of amides is 2. The first-order valence-electron chi connectivity index (χ1n) is 7.39. The smallest absolute Gasteiger partial charge is 0.320 e. The van der Waals surface area contributed by atoms with E-state index in [1.807, 2.05) is 6.92 Å². The molecule has 0 aromatic carbocycles. The van der Waals surface area contributed by atoms with Crippen LogP contribution >= 0.6 is 0 Å². The summed E-state index contributed by atoms with van der Waals surface area (Å²) in [6.45, 7) is 5.24. The van der Waals surface area contributed by atoms with Crippen molar-refractivity contribution in [2.75, 3.05) is 32.8 Å². The molecule has 0 spiro atoms. The van der Waals surface area contributed by atoms with Gasteiger partial charge in [0.1, 0.15) is 0 Å². The van der Waals surface area contributed by atoms with Crippen LogP contribution in [0.2, 0.25) is 0 Å². The number of aliphatic hydroxyl groups is 1. The van der Waals surface area contributed by atoms with E-state index in [0.29, 0.717) is 39.1 Å². The van der Waals surface area contributed by atoms with Gasteiger partial charge in [-0.2, -0.15) is 0 Å². The molecule has 120 valence electrons. The van der Waals surface area contributed by atoms with Crippen molar-refractivity contribution in [2.45, 2.75) is 38.8 Å². The van der Waals surface area contributed by atoms with Gasteiger partial charge in [0.15, 0.2) is 0 Å². The van der Waals surface area contributed by atoms with Gasteiger partial charge in [-0.3, -0.25) is 4.79 Å². The van der Waals surface area contributed by atoms with Gasteiger partial charge in [-0.25, -0.2) is 4.79 Å². The van der Waals surface area contributed by atoms with Gasteiger partial charge in [-0.15, -0.1) is 0 Å². The third-order valence-corrected chi connectivity index (χ3v) is 4.61. The highest BCUT2D eigenvalue weighted by molar-refractivity contribution is 5.77. The number of aliphatic hydroxyl groups excluding tert-OH is 1. The first-order chi connectivity index (χ1) is 9.87. The molecule has 2 fully saturated rings. The minimum Gasteiger partial charge on any atom is -0.481 e. The summed E-state index contributed by atoms with van der Waals surface area (Å²) >= 11 is 0. The summed E-state index contributed by atoms with van der Waals surface area (Å²) < 4.78 is 5.43. The van der Waals surface area contributed by atoms with E-state index in [2.05, 4.69) is 0 Å². The fourth-order valence-electron chi connectivity index (χ4n) is 2.78. The first-order valence-corrected chi connectivity index (χ1v) is 7.39. The lowest BCUT2D eigenvalue weighted by molar-refractivity contribution is -0.150. The number of hydrogen-bond acceptors (Lipinski definition) is 4. The van der Waals surface area contributed by atoms with E-state index in [1.54, 1.807) is 16.7 Å². The molecule has 0 aromatic heterocycles. The molecule has 0 saturated carbocycles. The van der Waals surface area contributed by atoms with Gasteiger partial charge in [-0.05, 0) is 26.7 Å². The highest BCUT2D eigenvalue weighted by Crippen LogP contribution is 2.31. The van der Waals surface area contributed by atoms with Crippen LogP contribution in [0.15, 0.2) is 0 Å². The molecule has 2 rings (SSSR count). The third kappa shape index (κ3) is 3.29. The number of carboxylic acids is 1. The Kier molecular flexibility index (Phi) is 4.73. The highest BCUT2D eigenvalue weighted by atomic mass is 16.5. The molecule has 2 unspecified atom stereocenters. The molecular formula is C14H24N2O5. The van der Waals surface area contributed by atoms with Crippen LogP contribution in [-0.4, -0.2) is 77.0 Å². The van der Waals surface area contributed by atoms with Crippen LogP contribution < -0.4 is 0 Å². The Hall–Kier alpha value is -1.34. The lowest BCUT2D eigenvalue weighted by atomic mass is 9.80. The monoisotopic (exact) mass is 300 g/mol. The van der Waals surface area contributed by atoms with Crippen molar-refractivity contribution in [3.05, 3.63) is 0 Å². The number of rotatable bonds is 2. The molecular weight excluding hydrogens is 276 g/mol. The SMILES string of the molecule is CC1COC(CO)CN1C(=O)N1CCC(C)(C(=O)O)CC1. The average molecular weight is 300 g/mol. The van der Waals surface area contributed by atoms with E-state index in [0.717, 1.165) is 0 Å². The average Bonchev–Trinajstić information content (AvgIpc) is 2.48. The molecule has 7 nitrogen and oxygen atoms in total. The van der Waals surface area contributed by atoms with Crippen LogP contribution in [0.1, 0.15) is 26.7 Å². The number of aliphatic carboxylic acids is 1. The summed E-state index contributed by atoms with van der Waals surface area (Å²) in [5, 5.41) is 18.4. The summed E-state index contributed by atoms with van der Waals surface area (Å²) in [6.07, 6.45) is 0.603. The minimum absolute atomic E-state index is 0.0342. The summed E-state index contributed by atoms with van der Waals surface area (Å²) in [7, 11) is 0. The molecule has 2 N–H and O–H groups in total. The Morgan fingerprint density at radius 2 is 1.95 bits per heavy atom. The van der Waals surface area contributed by atoms with Crippen molar-refractivity contribution in [3.8, 4) is 0 Å². The maximum absolute atomic E-state index is 12.6. The largest absolute Gasteiger partial charge is 0.481 e. The van der Waals surface area contributed by atoms with Gasteiger partial charge < -0.3 is 24.7 Å². The molecule has 0 bridgehead atoms. The Morgan fingerprint density at radius 1 is 1.33 bits per heavy atom. The van der Waals surface area contributed by atoms with Gasteiger partial charge in [0, 0.05) is 13.1 Å². The Balaban J connectivity index is 1.96. The molecule has 2 saturated heterocycles. The molecule has 2 amide bonds. The lowest BCUT2D eigenvalue weighted by Crippen LogP contribution is -2.57. The maximum atomic E-state index is 12.6. The van der Waals surface area contributed by atoms with Crippen molar-refractivity contribution in [3.63, 3.8) is 0 Å². The van der Waals surface area contributed by atoms with Gasteiger partial charge in [0.25, 0.3) is 0 Å². The predicted molar refractivity (Wildman–Crippen MR) is 74.9 cm³/mol. The minimum atomic E-state index is -0.797. The number of likely N-dealkylation sites (tertiary alicyclic amines) is 1. The molecule has 0 aromatic rings. The van der Waals surface area contributed by atoms with E-state index in [1.165, 1.54) is 0 Å². The van der Waals surface area contributed by atoms with E-state index in [-0.39, 0.29) is 24.8 Å². The van der Waals surface area contributed by atoms with E-state index in [4.69, 9.17) is 4.74 Å². The second-order valence-corrected chi connectivity index (χ2v) is 6.27. The molecule has 2 aliphatic rings. The van der Waals surface area contributed by atoms with Crippen LogP contribution in [0.3, 0.4) is 0 Å². The summed E-state index contributed by atoms with van der Waals surface area (Å²) in [5.74, 6) is -0.797. The van der Waals surface area contributed by atoms with Gasteiger partial charge in [0.05, 0.1) is 37.3 Å². The first kappa shape index (κ1) is 16.0. The predicted octanol–water partition coefficient (Wildman–Crippen LogP) is 0.375. The lowest BCUT2D eigenvalue weighted by Gasteiger charge is -2.43. The zero-order valence-electron chi connectivity index (χ0n) is 12.6. The highest BCUT2D eigenvalue weighted by Gasteiger charge is 2.40. The number of ether oxygens (including phenoxy) is 1. The third-order valence-electron chi connectivity index (χ3n) is 4.61. The second-order valence-electron chi connectivity index (χ2n) is 6.27. The quantitative estimate of drug-likeness (QED) is 0.769. The summed E-state index contributed by atoms with van der Waals surface area (Å²) in [5.41, 5.74) is -0.735. The standard InChI is InChI=1S/C14H24N2O5/c1-10-9-21-11(8-17)7-16(10)13(20)15-5-3-14(2,4-6-15)12(18)19/h10-11,17H,3-9H2,1-2H3,(H,18,19). The second kappa shape index (κ2) is 6.19. The number of piperidine rings is 1. The number of carbonyl (C=O) groups is 2. The summed E-state index contributed by atoms with van der Waals surface area (Å²) in [6, 6.07) is -0.121. The van der Waals surface area contributed by atoms with Crippen LogP contribution in [-0.2, 0) is 9.53 Å². The van der Waals surface area contributed by atoms with Crippen LogP contribution in [0.5, 0.6) is 0 Å². The van der Waals surface area contributed by atoms with Crippen molar-refractivity contribution < 1.29 is 24.5 Å². The molecule has 0 aliphatic carbocycles. The topological polar surface area (TPSA) is 90.3 Å². The molecule has 0 radical (unpaired) electrons. The van der Waals surface area contributed by atoms with Gasteiger partial charge >= 0.3 is 12.0 Å². The van der Waals surface area contributed by atoms with Crippen molar-refractivity contribution in [1.82, 2.24) is 9.80 Å². The number of carbonyl (C=O) groups excluding carboxylic acids is 1. The Morgan fingerprint density at radius 3 is 2.48 bits per heavy atom. The van der Waals surface area contributed by atoms with Crippen molar-refractivity contribution in [2.24, 2.45) is 5.41 Å². The van der Waals surface area contributed by atoms with Gasteiger partial charge in [-0.1, -0.05) is 0 Å². The normalized spacial score (nSPS) is 29.3. The zero-order chi connectivity index (χ0) is 15.6. The van der Waals surface area contributed by atoms with Crippen LogP contribution in [0.4, 0.5) is 4.79 Å². The number of hydrogen-bond donors (Lipinski definition) is 2. The van der Waals surface area contributed by atoms with Crippen LogP contribution in [0, 0.1) is 5.41 Å². The van der Waals surface area contributed by atoms with E-state index < -0.39 is 11.4 Å². The van der Waals surface area contributed by atoms with Crippen LogP contribution in [0.25, 0.3) is 0 Å².